The number of alkyl halides is 1. The Labute approximate surface area is 278 Å². The maximum absolute atomic E-state index is 7.23. The summed E-state index contributed by atoms with van der Waals surface area (Å²) in [5, 5.41) is 10.9. The monoisotopic (exact) mass is 656 g/mol. The van der Waals surface area contributed by atoms with E-state index in [1.807, 2.05) is 22.9 Å². The van der Waals surface area contributed by atoms with Gasteiger partial charge in [0.2, 0.25) is 5.95 Å². The molecule has 3 aromatic carbocycles. The van der Waals surface area contributed by atoms with E-state index in [4.69, 9.17) is 26.5 Å². The van der Waals surface area contributed by atoms with E-state index in [9.17, 15) is 0 Å². The van der Waals surface area contributed by atoms with Gasteiger partial charge in [0, 0.05) is 24.1 Å². The van der Waals surface area contributed by atoms with E-state index in [-0.39, 0.29) is 17.0 Å². The number of hydrogen-bond donors (Lipinski definition) is 2. The van der Waals surface area contributed by atoms with Crippen molar-refractivity contribution in [2.75, 3.05) is 24.8 Å². The number of nitrogens with one attached hydrogen (secondary N) is 1. The minimum absolute atomic E-state index is 0.0923. The first-order chi connectivity index (χ1) is 22.2. The highest BCUT2D eigenvalue weighted by Gasteiger charge is 2.50. The Bertz CT molecular complexity index is 1690. The molecule has 5 rings (SSSR count). The quantitative estimate of drug-likeness (QED) is 0.101. The predicted molar refractivity (Wildman–Crippen MR) is 192 cm³/mol. The van der Waals surface area contributed by atoms with Gasteiger partial charge in [-0.3, -0.25) is 4.68 Å². The maximum Gasteiger partial charge on any atom is 0.261 e. The number of nitrogen functional groups attached to an aromatic ring is 1. The molecule has 242 valence electrons. The molecule has 0 fully saturated rings. The van der Waals surface area contributed by atoms with Crippen molar-refractivity contribution in [3.63, 3.8) is 0 Å². The second-order valence-electron chi connectivity index (χ2n) is 12.7. The minimum atomic E-state index is -2.65. The Hall–Kier alpha value is -3.92. The zero-order valence-corrected chi connectivity index (χ0v) is 29.2. The van der Waals surface area contributed by atoms with Crippen LogP contribution in [-0.2, 0) is 16.9 Å². The fourth-order valence-corrected chi connectivity index (χ4v) is 11.1. The Morgan fingerprint density at radius 2 is 1.63 bits per heavy atom. The molecule has 5 aromatic rings. The summed E-state index contributed by atoms with van der Waals surface area (Å²) in [5.41, 5.74) is 9.66. The van der Waals surface area contributed by atoms with Crippen molar-refractivity contribution < 1.29 is 9.16 Å². The summed E-state index contributed by atoms with van der Waals surface area (Å²) >= 11 is 6.15. The number of methoxy groups -OCH3 is 1. The number of anilines is 2. The smallest absolute Gasteiger partial charge is 0.261 e. The van der Waals surface area contributed by atoms with Crippen LogP contribution >= 0.6 is 11.6 Å². The highest BCUT2D eigenvalue weighted by atomic mass is 35.5. The van der Waals surface area contributed by atoms with E-state index in [0.717, 1.165) is 41.7 Å². The molecule has 2 aromatic heterocycles. The molecule has 0 radical (unpaired) electrons. The lowest BCUT2D eigenvalue weighted by molar-refractivity contribution is 0.281. The number of aromatic nitrogens is 4. The first-order valence-electron chi connectivity index (χ1n) is 15.9. The first-order valence-corrected chi connectivity index (χ1v) is 18.4. The number of benzene rings is 3. The molecule has 0 aliphatic rings. The van der Waals surface area contributed by atoms with Crippen LogP contribution in [0.5, 0.6) is 5.75 Å². The lowest BCUT2D eigenvalue weighted by Crippen LogP contribution is -2.66. The molecule has 0 aliphatic heterocycles. The van der Waals surface area contributed by atoms with Gasteiger partial charge in [-0.05, 0) is 45.9 Å². The summed E-state index contributed by atoms with van der Waals surface area (Å²) in [5.74, 6) is 2.05. The Balaban J connectivity index is 1.44. The topological polar surface area (TPSA) is 100 Å². The highest BCUT2D eigenvalue weighted by molar-refractivity contribution is 6.99. The van der Waals surface area contributed by atoms with Crippen LogP contribution in [0.15, 0.2) is 85.1 Å². The number of ether oxygens (including phenoxy) is 1. The lowest BCUT2D eigenvalue weighted by atomic mass is 10.1. The van der Waals surface area contributed by atoms with Crippen LogP contribution in [0.25, 0.3) is 11.0 Å². The highest BCUT2D eigenvalue weighted by Crippen LogP contribution is 2.37. The molecule has 3 N–H and O–H groups in total. The van der Waals surface area contributed by atoms with Gasteiger partial charge >= 0.3 is 0 Å². The number of rotatable bonds is 14. The molecule has 0 amide bonds. The molecule has 0 aliphatic carbocycles. The van der Waals surface area contributed by atoms with Crippen molar-refractivity contribution in [2.45, 2.75) is 70.5 Å². The van der Waals surface area contributed by atoms with Crippen LogP contribution in [0.4, 0.5) is 11.8 Å². The van der Waals surface area contributed by atoms with Gasteiger partial charge in [0.15, 0.2) is 5.82 Å². The van der Waals surface area contributed by atoms with Gasteiger partial charge in [-0.1, -0.05) is 101 Å². The van der Waals surface area contributed by atoms with Crippen molar-refractivity contribution in [3.05, 3.63) is 96.2 Å². The molecule has 2 heterocycles. The molecule has 1 atom stereocenters. The van der Waals surface area contributed by atoms with E-state index in [1.165, 1.54) is 10.4 Å². The number of fused-ring (bicyclic) bond motifs is 1. The van der Waals surface area contributed by atoms with Crippen LogP contribution in [0.1, 0.15) is 58.1 Å². The summed E-state index contributed by atoms with van der Waals surface area (Å²) < 4.78 is 14.8. The van der Waals surface area contributed by atoms with E-state index < -0.39 is 8.32 Å². The summed E-state index contributed by atoms with van der Waals surface area (Å²) in [6.07, 6.45) is 4.47. The number of nitrogens with zero attached hydrogens (tertiary/aromatic N) is 4. The fourth-order valence-electron chi connectivity index (χ4n) is 6.38. The van der Waals surface area contributed by atoms with Gasteiger partial charge in [0.05, 0.1) is 19.9 Å². The van der Waals surface area contributed by atoms with Crippen LogP contribution in [0.2, 0.25) is 5.04 Å². The molecule has 10 heteroatoms. The average molecular weight is 657 g/mol. The molecule has 0 saturated heterocycles. The lowest BCUT2D eigenvalue weighted by Gasteiger charge is -2.43. The van der Waals surface area contributed by atoms with Crippen LogP contribution in [0, 0.1) is 0 Å². The van der Waals surface area contributed by atoms with Crippen molar-refractivity contribution in [1.29, 1.82) is 0 Å². The van der Waals surface area contributed by atoms with Crippen molar-refractivity contribution >= 4 is 53.1 Å². The molecule has 8 nitrogen and oxygen atoms in total. The van der Waals surface area contributed by atoms with Gasteiger partial charge < -0.3 is 20.2 Å². The van der Waals surface area contributed by atoms with E-state index in [1.54, 1.807) is 13.3 Å². The van der Waals surface area contributed by atoms with Crippen molar-refractivity contribution in [3.8, 4) is 5.75 Å². The first kappa shape index (κ1) is 33.4. The zero-order valence-electron chi connectivity index (χ0n) is 27.5. The van der Waals surface area contributed by atoms with Gasteiger partial charge in [-0.25, -0.2) is 4.98 Å². The van der Waals surface area contributed by atoms with Gasteiger partial charge in [0.25, 0.3) is 8.32 Å². The summed E-state index contributed by atoms with van der Waals surface area (Å²) in [7, 11) is -0.983. The molecule has 0 unspecified atom stereocenters. The second-order valence-corrected chi connectivity index (χ2v) is 17.2. The molecular weight excluding hydrogens is 612 g/mol. The van der Waals surface area contributed by atoms with Gasteiger partial charge in [-0.15, -0.1) is 11.6 Å². The molecule has 46 heavy (non-hydrogen) atoms. The molecule has 0 bridgehead atoms. The summed E-state index contributed by atoms with van der Waals surface area (Å²) in [6.45, 7) is 10.2. The summed E-state index contributed by atoms with van der Waals surface area (Å²) in [4.78, 5) is 9.16. The third-order valence-electron chi connectivity index (χ3n) is 8.50. The summed E-state index contributed by atoms with van der Waals surface area (Å²) in [6, 6.07) is 27.6. The van der Waals surface area contributed by atoms with E-state index in [0.29, 0.717) is 30.4 Å². The normalized spacial score (nSPS) is 12.7. The fraction of sp³-hybridized carbons (Fsp3) is 0.361. The average Bonchev–Trinajstić information content (AvgIpc) is 3.45. The Kier molecular flexibility index (Phi) is 10.7. The molecule has 0 spiro atoms. The standard InChI is InChI=1S/C36H45ClN6O2Si/c1-6-13-28(20-21-45-46(36(2,3)4,29-14-9-7-10-15-29)30-16-11-8-12-17-30)40-34-33-31(41-35(38)42-34)24-39-43(33)25-27-22-26(23-37)18-19-32(27)44-5/h7-12,14-19,22,24,28H,6,13,20-21,23,25H2,1-5H3,(H3,38,40,41,42)/t28-/m0/s1. The third kappa shape index (κ3) is 7.06. The van der Waals surface area contributed by atoms with Gasteiger partial charge in [-0.2, -0.15) is 10.1 Å². The van der Waals surface area contributed by atoms with Crippen LogP contribution in [-0.4, -0.2) is 47.8 Å². The SMILES string of the molecule is CCC[C@@H](CCO[Si](c1ccccc1)(c1ccccc1)C(C)(C)C)Nc1nc(N)nc2cnn(Cc3cc(CCl)ccc3OC)c12. The third-order valence-corrected chi connectivity index (χ3v) is 13.9. The van der Waals surface area contributed by atoms with E-state index >= 15 is 0 Å². The number of halogens is 1. The number of hydrogen-bond acceptors (Lipinski definition) is 7. The largest absolute Gasteiger partial charge is 0.496 e. The number of nitrogens with two attached hydrogens (primary N) is 1. The Morgan fingerprint density at radius 1 is 0.957 bits per heavy atom. The Morgan fingerprint density at radius 3 is 2.22 bits per heavy atom. The molecular formula is C36H45ClN6O2Si. The van der Waals surface area contributed by atoms with Crippen LogP contribution < -0.4 is 26.2 Å². The zero-order chi connectivity index (χ0) is 32.7. The minimum Gasteiger partial charge on any atom is -0.496 e. The maximum atomic E-state index is 7.23. The van der Waals surface area contributed by atoms with E-state index in [2.05, 4.69) is 109 Å². The van der Waals surface area contributed by atoms with Crippen molar-refractivity contribution in [1.82, 2.24) is 19.7 Å². The predicted octanol–water partition coefficient (Wildman–Crippen LogP) is 6.75. The second kappa shape index (κ2) is 14.7. The van der Waals surface area contributed by atoms with Crippen molar-refractivity contribution in [2.24, 2.45) is 0 Å². The van der Waals surface area contributed by atoms with Crippen LogP contribution in [0.3, 0.4) is 0 Å². The molecule has 0 saturated carbocycles. The van der Waals surface area contributed by atoms with Gasteiger partial charge in [0.1, 0.15) is 16.8 Å².